The highest BCUT2D eigenvalue weighted by atomic mass is 79.9. The number of hydrogen-bond donors (Lipinski definition) is 1. The van der Waals surface area contributed by atoms with E-state index in [1.165, 1.54) is 25.5 Å². The number of carbonyl (C=O) groups excluding carboxylic acids is 1. The van der Waals surface area contributed by atoms with Gasteiger partial charge < -0.3 is 9.47 Å². The lowest BCUT2D eigenvalue weighted by Gasteiger charge is -2.11. The molecule has 1 aromatic heterocycles. The van der Waals surface area contributed by atoms with Gasteiger partial charge in [0.2, 0.25) is 0 Å². The van der Waals surface area contributed by atoms with Crippen LogP contribution in [0.1, 0.15) is 27.2 Å². The van der Waals surface area contributed by atoms with Gasteiger partial charge in [0.1, 0.15) is 6.61 Å². The van der Waals surface area contributed by atoms with Gasteiger partial charge in [0, 0.05) is 22.8 Å². The molecule has 1 N–H and O–H groups in total. The van der Waals surface area contributed by atoms with Crippen LogP contribution < -0.4 is 14.9 Å². The first-order valence-electron chi connectivity index (χ1n) is 11.2. The Bertz CT molecular complexity index is 1470. The maximum absolute atomic E-state index is 12.6. The van der Waals surface area contributed by atoms with E-state index in [0.717, 1.165) is 15.6 Å². The molecule has 0 saturated carbocycles. The fraction of sp³-hybridized carbons (Fsp3) is 0.115. The molecule has 4 rings (SSSR count). The number of halogens is 2. The number of rotatable bonds is 10. The molecular formula is C26H21Br2N5O5. The zero-order valence-corrected chi connectivity index (χ0v) is 23.2. The van der Waals surface area contributed by atoms with Crippen molar-refractivity contribution in [1.82, 2.24) is 15.2 Å². The minimum Gasteiger partial charge on any atom is -0.493 e. The number of nitrogens with one attached hydrogen (secondary N) is 1. The molecule has 0 aliphatic heterocycles. The second-order valence-corrected chi connectivity index (χ2v) is 9.74. The van der Waals surface area contributed by atoms with Gasteiger partial charge in [-0.05, 0) is 75.1 Å². The molecule has 4 aromatic rings. The topological polar surface area (TPSA) is 121 Å². The Hall–Kier alpha value is -4.03. The summed E-state index contributed by atoms with van der Waals surface area (Å²) in [6.45, 7) is 0.694. The third-order valence-corrected chi connectivity index (χ3v) is 6.41. The lowest BCUT2D eigenvalue weighted by molar-refractivity contribution is -0.384. The van der Waals surface area contributed by atoms with Crippen molar-refractivity contribution >= 4 is 49.7 Å². The third kappa shape index (κ3) is 7.05. The van der Waals surface area contributed by atoms with Crippen LogP contribution >= 0.6 is 31.9 Å². The van der Waals surface area contributed by atoms with Crippen LogP contribution in [0.5, 0.6) is 11.5 Å². The second kappa shape index (κ2) is 12.5. The smallest absolute Gasteiger partial charge is 0.293 e. The Kier molecular flexibility index (Phi) is 8.87. The molecule has 12 heteroatoms. The zero-order chi connectivity index (χ0) is 27.1. The molecule has 0 fully saturated rings. The van der Waals surface area contributed by atoms with Crippen molar-refractivity contribution in [2.75, 3.05) is 7.11 Å². The van der Waals surface area contributed by atoms with Crippen LogP contribution in [-0.2, 0) is 13.2 Å². The predicted molar refractivity (Wildman–Crippen MR) is 149 cm³/mol. The van der Waals surface area contributed by atoms with Gasteiger partial charge in [-0.1, -0.05) is 28.1 Å². The lowest BCUT2D eigenvalue weighted by atomic mass is 10.2. The van der Waals surface area contributed by atoms with E-state index in [0.29, 0.717) is 28.1 Å². The summed E-state index contributed by atoms with van der Waals surface area (Å²) in [6.07, 6.45) is 3.21. The average Bonchev–Trinajstić information content (AvgIpc) is 3.28. The normalized spacial score (nSPS) is 10.9. The Balaban J connectivity index is 1.38. The minimum absolute atomic E-state index is 0.00924. The van der Waals surface area contributed by atoms with E-state index in [2.05, 4.69) is 47.5 Å². The van der Waals surface area contributed by atoms with E-state index in [4.69, 9.17) is 9.47 Å². The first kappa shape index (κ1) is 27.0. The molecule has 0 saturated heterocycles. The molecule has 194 valence electrons. The maximum Gasteiger partial charge on any atom is 0.293 e. The number of nitro groups is 1. The summed E-state index contributed by atoms with van der Waals surface area (Å²) in [5.74, 6) is 0.495. The molecule has 0 radical (unpaired) electrons. The predicted octanol–water partition coefficient (Wildman–Crippen LogP) is 5.72. The molecule has 38 heavy (non-hydrogen) atoms. The summed E-state index contributed by atoms with van der Waals surface area (Å²) in [7, 11) is 1.52. The van der Waals surface area contributed by atoms with Crippen molar-refractivity contribution in [3.05, 3.63) is 114 Å². The quantitative estimate of drug-likeness (QED) is 0.134. The van der Waals surface area contributed by atoms with Crippen LogP contribution in [0.15, 0.2) is 87.0 Å². The Morgan fingerprint density at radius 2 is 1.79 bits per heavy atom. The van der Waals surface area contributed by atoms with Crippen LogP contribution in [0.2, 0.25) is 0 Å². The van der Waals surface area contributed by atoms with E-state index in [1.54, 1.807) is 41.2 Å². The van der Waals surface area contributed by atoms with Crippen LogP contribution in [-0.4, -0.2) is 33.9 Å². The van der Waals surface area contributed by atoms with Gasteiger partial charge in [0.05, 0.1) is 29.3 Å². The van der Waals surface area contributed by atoms with E-state index in [9.17, 15) is 14.9 Å². The molecule has 0 unspecified atom stereocenters. The molecule has 10 nitrogen and oxygen atoms in total. The lowest BCUT2D eigenvalue weighted by Crippen LogP contribution is -2.19. The van der Waals surface area contributed by atoms with E-state index in [1.807, 2.05) is 24.3 Å². The van der Waals surface area contributed by atoms with Gasteiger partial charge in [0.15, 0.2) is 17.2 Å². The largest absolute Gasteiger partial charge is 0.493 e. The van der Waals surface area contributed by atoms with E-state index in [-0.39, 0.29) is 18.0 Å². The summed E-state index contributed by atoms with van der Waals surface area (Å²) in [5, 5.41) is 19.2. The van der Waals surface area contributed by atoms with Crippen molar-refractivity contribution in [2.24, 2.45) is 5.10 Å². The van der Waals surface area contributed by atoms with Gasteiger partial charge in [-0.25, -0.2) is 5.43 Å². The van der Waals surface area contributed by atoms with Crippen molar-refractivity contribution in [2.45, 2.75) is 13.2 Å². The van der Waals surface area contributed by atoms with Crippen molar-refractivity contribution in [1.29, 1.82) is 0 Å². The summed E-state index contributed by atoms with van der Waals surface area (Å²) in [6, 6.07) is 19.1. The Morgan fingerprint density at radius 1 is 1.08 bits per heavy atom. The minimum atomic E-state index is -0.467. The molecule has 1 heterocycles. The van der Waals surface area contributed by atoms with Gasteiger partial charge in [-0.2, -0.15) is 10.2 Å². The monoisotopic (exact) mass is 641 g/mol. The van der Waals surface area contributed by atoms with Crippen molar-refractivity contribution in [3.8, 4) is 11.5 Å². The molecule has 0 aliphatic carbocycles. The summed E-state index contributed by atoms with van der Waals surface area (Å²) in [4.78, 5) is 23.0. The number of nitro benzene ring substituents is 1. The first-order valence-corrected chi connectivity index (χ1v) is 12.8. The number of amides is 1. The van der Waals surface area contributed by atoms with E-state index < -0.39 is 10.8 Å². The van der Waals surface area contributed by atoms with Crippen molar-refractivity contribution in [3.63, 3.8) is 0 Å². The highest BCUT2D eigenvalue weighted by Gasteiger charge is 2.15. The molecule has 3 aromatic carbocycles. The Morgan fingerprint density at radius 3 is 2.47 bits per heavy atom. The summed E-state index contributed by atoms with van der Waals surface area (Å²) >= 11 is 6.80. The number of hydrogen-bond acceptors (Lipinski definition) is 7. The highest BCUT2D eigenvalue weighted by molar-refractivity contribution is 9.10. The number of methoxy groups -OCH3 is 1. The summed E-state index contributed by atoms with van der Waals surface area (Å²) in [5.41, 5.74) is 5.16. The number of non-ortho nitro benzene ring substituents is 1. The fourth-order valence-electron chi connectivity index (χ4n) is 3.39. The number of benzene rings is 3. The maximum atomic E-state index is 12.6. The van der Waals surface area contributed by atoms with Crippen LogP contribution in [0.4, 0.5) is 5.69 Å². The number of hydrazone groups is 1. The fourth-order valence-corrected chi connectivity index (χ4v) is 4.15. The standard InChI is InChI=1S/C26H21Br2N5O5/c1-37-23-11-6-19(12-24(23)38-16-18-4-9-21(10-5-18)33(35)36)13-29-30-26(34)25-22(28)15-32(31-25)14-17-2-7-20(27)8-3-17/h2-13,15H,14,16H2,1H3,(H,30,34). The zero-order valence-electron chi connectivity index (χ0n) is 20.0. The van der Waals surface area contributed by atoms with Crippen LogP contribution in [0, 0.1) is 10.1 Å². The number of ether oxygens (including phenoxy) is 2. The van der Waals surface area contributed by atoms with Gasteiger partial charge in [-0.15, -0.1) is 0 Å². The number of aromatic nitrogens is 2. The average molecular weight is 643 g/mol. The van der Waals surface area contributed by atoms with Gasteiger partial charge in [-0.3, -0.25) is 19.6 Å². The third-order valence-electron chi connectivity index (χ3n) is 5.30. The second-order valence-electron chi connectivity index (χ2n) is 7.97. The highest BCUT2D eigenvalue weighted by Crippen LogP contribution is 2.28. The molecule has 0 atom stereocenters. The molecule has 1 amide bonds. The Labute approximate surface area is 234 Å². The number of nitrogens with zero attached hydrogens (tertiary/aromatic N) is 4. The van der Waals surface area contributed by atoms with Crippen LogP contribution in [0.3, 0.4) is 0 Å². The molecule has 0 aliphatic rings. The molecule has 0 spiro atoms. The SMILES string of the molecule is COc1ccc(C=NNC(=O)c2nn(Cc3ccc(Br)cc3)cc2Br)cc1OCc1ccc([N+](=O)[O-])cc1. The summed E-state index contributed by atoms with van der Waals surface area (Å²) < 4.78 is 14.4. The van der Waals surface area contributed by atoms with Gasteiger partial charge in [0.25, 0.3) is 11.6 Å². The molecular weight excluding hydrogens is 622 g/mol. The van der Waals surface area contributed by atoms with E-state index >= 15 is 0 Å². The number of carbonyl (C=O) groups is 1. The molecule has 0 bridgehead atoms. The van der Waals surface area contributed by atoms with Gasteiger partial charge >= 0.3 is 0 Å². The van der Waals surface area contributed by atoms with Crippen molar-refractivity contribution < 1.29 is 19.2 Å². The first-order chi connectivity index (χ1) is 18.3. The van der Waals surface area contributed by atoms with Crippen LogP contribution in [0.25, 0.3) is 0 Å².